The number of hydrogen-bond donors (Lipinski definition) is 1. The Hall–Kier alpha value is -3.88. The van der Waals surface area contributed by atoms with Crippen LogP contribution >= 0.6 is 0 Å². The third-order valence-corrected chi connectivity index (χ3v) is 4.84. The second-order valence-corrected chi connectivity index (χ2v) is 6.96. The van der Waals surface area contributed by atoms with Crippen molar-refractivity contribution < 1.29 is 33.4 Å². The molecule has 0 bridgehead atoms. The fourth-order valence-corrected chi connectivity index (χ4v) is 3.27. The van der Waals surface area contributed by atoms with Crippen LogP contribution < -0.4 is 10.1 Å². The number of esters is 2. The van der Waals surface area contributed by atoms with Crippen molar-refractivity contribution in [1.29, 1.82) is 0 Å². The van der Waals surface area contributed by atoms with E-state index in [-0.39, 0.29) is 43.9 Å². The third kappa shape index (κ3) is 5.84. The van der Waals surface area contributed by atoms with Gasteiger partial charge in [-0.25, -0.2) is 4.79 Å². The van der Waals surface area contributed by atoms with Gasteiger partial charge < -0.3 is 24.4 Å². The molecule has 0 aromatic heterocycles. The number of piperazine rings is 1. The number of benzene rings is 2. The second-order valence-electron chi connectivity index (χ2n) is 6.96. The van der Waals surface area contributed by atoms with Crippen molar-refractivity contribution in [2.75, 3.05) is 33.4 Å². The van der Waals surface area contributed by atoms with Gasteiger partial charge in [-0.15, -0.1) is 0 Å². The Morgan fingerprint density at radius 1 is 1.03 bits per heavy atom. The largest absolute Gasteiger partial charge is 0.490 e. The summed E-state index contributed by atoms with van der Waals surface area (Å²) in [6.07, 6.45) is -0.292. The standard InChI is InChI=1S/C23H24N2O7/c1-30-23(29)17-7-5-6-16(14-17)22(28)25-11-10-24-21(27)19(25)15-20(26)32-13-12-31-18-8-3-2-4-9-18/h2-9,14,19H,10-13,15H2,1H3,(H,24,27). The normalized spacial score (nSPS) is 15.5. The number of carbonyl (C=O) groups excluding carboxylic acids is 4. The zero-order chi connectivity index (χ0) is 22.9. The number of nitrogens with one attached hydrogen (secondary N) is 1. The first-order valence-corrected chi connectivity index (χ1v) is 10.1. The maximum Gasteiger partial charge on any atom is 0.337 e. The maximum absolute atomic E-state index is 13.0. The van der Waals surface area contributed by atoms with E-state index in [9.17, 15) is 19.2 Å². The number of carbonyl (C=O) groups is 4. The molecule has 2 amide bonds. The van der Waals surface area contributed by atoms with Gasteiger partial charge in [-0.05, 0) is 30.3 Å². The quantitative estimate of drug-likeness (QED) is 0.488. The first kappa shape index (κ1) is 22.8. The molecule has 1 unspecified atom stereocenters. The lowest BCUT2D eigenvalue weighted by molar-refractivity contribution is -0.148. The van der Waals surface area contributed by atoms with Crippen molar-refractivity contribution in [3.05, 3.63) is 65.7 Å². The summed E-state index contributed by atoms with van der Waals surface area (Å²) < 4.78 is 15.3. The van der Waals surface area contributed by atoms with Gasteiger partial charge in [-0.2, -0.15) is 0 Å². The summed E-state index contributed by atoms with van der Waals surface area (Å²) in [4.78, 5) is 50.8. The monoisotopic (exact) mass is 440 g/mol. The lowest BCUT2D eigenvalue weighted by Crippen LogP contribution is -2.57. The molecule has 3 rings (SSSR count). The second kappa shape index (κ2) is 10.9. The number of rotatable bonds is 8. The first-order chi connectivity index (χ1) is 15.5. The van der Waals surface area contributed by atoms with E-state index in [1.165, 1.54) is 30.2 Å². The highest BCUT2D eigenvalue weighted by Crippen LogP contribution is 2.16. The topological polar surface area (TPSA) is 111 Å². The summed E-state index contributed by atoms with van der Waals surface area (Å²) in [6.45, 7) is 0.659. The summed E-state index contributed by atoms with van der Waals surface area (Å²) in [5, 5.41) is 2.66. The minimum absolute atomic E-state index is 0.0111. The SMILES string of the molecule is COC(=O)c1cccc(C(=O)N2CCNC(=O)C2CC(=O)OCCOc2ccccc2)c1. The molecule has 1 fully saturated rings. The molecule has 2 aromatic rings. The molecule has 0 saturated carbocycles. The zero-order valence-electron chi connectivity index (χ0n) is 17.6. The molecular formula is C23H24N2O7. The van der Waals surface area contributed by atoms with Gasteiger partial charge in [0, 0.05) is 18.7 Å². The Kier molecular flexibility index (Phi) is 7.80. The minimum atomic E-state index is -1.01. The molecule has 1 N–H and O–H groups in total. The van der Waals surface area contributed by atoms with Gasteiger partial charge in [0.15, 0.2) is 0 Å². The van der Waals surface area contributed by atoms with E-state index in [4.69, 9.17) is 9.47 Å². The average molecular weight is 440 g/mol. The minimum Gasteiger partial charge on any atom is -0.490 e. The van der Waals surface area contributed by atoms with E-state index in [2.05, 4.69) is 10.1 Å². The van der Waals surface area contributed by atoms with Crippen LogP contribution in [0.15, 0.2) is 54.6 Å². The Balaban J connectivity index is 1.60. The highest BCUT2D eigenvalue weighted by molar-refractivity contribution is 6.01. The summed E-state index contributed by atoms with van der Waals surface area (Å²) in [5.41, 5.74) is 0.436. The summed E-state index contributed by atoms with van der Waals surface area (Å²) in [6, 6.07) is 14.1. The van der Waals surface area contributed by atoms with Gasteiger partial charge in [0.1, 0.15) is 25.0 Å². The van der Waals surface area contributed by atoms with E-state index in [1.807, 2.05) is 18.2 Å². The summed E-state index contributed by atoms with van der Waals surface area (Å²) in [5.74, 6) is -1.44. The molecule has 9 nitrogen and oxygen atoms in total. The van der Waals surface area contributed by atoms with Crippen LogP contribution in [0.3, 0.4) is 0 Å². The number of hydrogen-bond acceptors (Lipinski definition) is 7. The fourth-order valence-electron chi connectivity index (χ4n) is 3.27. The van der Waals surface area contributed by atoms with Crippen molar-refractivity contribution in [2.24, 2.45) is 0 Å². The molecule has 168 valence electrons. The summed E-state index contributed by atoms with van der Waals surface area (Å²) >= 11 is 0. The zero-order valence-corrected chi connectivity index (χ0v) is 17.6. The molecule has 2 aromatic carbocycles. The van der Waals surface area contributed by atoms with Crippen LogP contribution in [0.2, 0.25) is 0 Å². The van der Waals surface area contributed by atoms with Crippen LogP contribution in [0.4, 0.5) is 0 Å². The van der Waals surface area contributed by atoms with E-state index in [1.54, 1.807) is 18.2 Å². The Morgan fingerprint density at radius 2 is 1.78 bits per heavy atom. The maximum atomic E-state index is 13.0. The van der Waals surface area contributed by atoms with Gasteiger partial charge in [0.2, 0.25) is 5.91 Å². The van der Waals surface area contributed by atoms with Crippen LogP contribution in [-0.2, 0) is 19.1 Å². The fraction of sp³-hybridized carbons (Fsp3) is 0.304. The molecule has 1 atom stereocenters. The number of methoxy groups -OCH3 is 1. The van der Waals surface area contributed by atoms with Crippen LogP contribution in [0.1, 0.15) is 27.1 Å². The summed E-state index contributed by atoms with van der Waals surface area (Å²) in [7, 11) is 1.25. The van der Waals surface area contributed by atoms with Crippen molar-refractivity contribution >= 4 is 23.8 Å². The lowest BCUT2D eigenvalue weighted by atomic mass is 10.0. The smallest absolute Gasteiger partial charge is 0.337 e. The molecule has 0 radical (unpaired) electrons. The van der Waals surface area contributed by atoms with Crippen molar-refractivity contribution in [1.82, 2.24) is 10.2 Å². The predicted molar refractivity (Wildman–Crippen MR) is 113 cm³/mol. The van der Waals surface area contributed by atoms with Gasteiger partial charge in [-0.3, -0.25) is 14.4 Å². The Labute approximate surface area is 185 Å². The molecule has 1 saturated heterocycles. The first-order valence-electron chi connectivity index (χ1n) is 10.1. The van der Waals surface area contributed by atoms with Crippen LogP contribution in [0, 0.1) is 0 Å². The van der Waals surface area contributed by atoms with Crippen molar-refractivity contribution in [2.45, 2.75) is 12.5 Å². The van der Waals surface area contributed by atoms with Gasteiger partial charge in [-0.1, -0.05) is 24.3 Å². The number of amides is 2. The molecule has 0 spiro atoms. The Morgan fingerprint density at radius 3 is 2.53 bits per heavy atom. The van der Waals surface area contributed by atoms with Crippen LogP contribution in [0.25, 0.3) is 0 Å². The lowest BCUT2D eigenvalue weighted by Gasteiger charge is -2.34. The predicted octanol–water partition coefficient (Wildman–Crippen LogP) is 1.43. The van der Waals surface area contributed by atoms with Gasteiger partial charge in [0.05, 0.1) is 19.1 Å². The van der Waals surface area contributed by atoms with Crippen molar-refractivity contribution in [3.63, 3.8) is 0 Å². The Bertz CT molecular complexity index is 977. The molecule has 9 heteroatoms. The molecular weight excluding hydrogens is 416 g/mol. The molecule has 0 aliphatic carbocycles. The highest BCUT2D eigenvalue weighted by atomic mass is 16.6. The van der Waals surface area contributed by atoms with Crippen LogP contribution in [0.5, 0.6) is 5.75 Å². The number of nitrogens with zero attached hydrogens (tertiary/aromatic N) is 1. The third-order valence-electron chi connectivity index (χ3n) is 4.84. The highest BCUT2D eigenvalue weighted by Gasteiger charge is 2.35. The average Bonchev–Trinajstić information content (AvgIpc) is 2.83. The van der Waals surface area contributed by atoms with E-state index in [0.717, 1.165) is 0 Å². The molecule has 1 aliphatic rings. The molecule has 1 aliphatic heterocycles. The van der Waals surface area contributed by atoms with Gasteiger partial charge >= 0.3 is 11.9 Å². The van der Waals surface area contributed by atoms with Crippen LogP contribution in [-0.4, -0.2) is 68.1 Å². The van der Waals surface area contributed by atoms with Crippen molar-refractivity contribution in [3.8, 4) is 5.75 Å². The molecule has 1 heterocycles. The number of ether oxygens (including phenoxy) is 3. The van der Waals surface area contributed by atoms with Gasteiger partial charge in [0.25, 0.3) is 5.91 Å². The molecule has 32 heavy (non-hydrogen) atoms. The van der Waals surface area contributed by atoms with E-state index in [0.29, 0.717) is 5.75 Å². The van der Waals surface area contributed by atoms with E-state index < -0.39 is 29.8 Å². The van der Waals surface area contributed by atoms with E-state index >= 15 is 0 Å². The number of para-hydroxylation sites is 1.